The topological polar surface area (TPSA) is 74.8 Å². The fourth-order valence-corrected chi connectivity index (χ4v) is 8.83. The van der Waals surface area contributed by atoms with E-state index in [1.54, 1.807) is 133 Å². The van der Waals surface area contributed by atoms with Crippen LogP contribution in [0.5, 0.6) is 0 Å². The van der Waals surface area contributed by atoms with Crippen molar-refractivity contribution in [3.8, 4) is 11.1 Å². The predicted octanol–water partition coefficient (Wildman–Crippen LogP) is 9.02. The summed E-state index contributed by atoms with van der Waals surface area (Å²) in [6.45, 7) is 3.71. The molecule has 6 aromatic rings. The maximum Gasteiger partial charge on any atom is 0.269 e. The molecule has 6 rings (SSSR count). The quantitative estimate of drug-likeness (QED) is 0.157. The molecule has 0 aliphatic rings. The van der Waals surface area contributed by atoms with E-state index in [-0.39, 0.29) is 9.79 Å². The number of benzene rings is 6. The first-order valence-electron chi connectivity index (χ1n) is 14.7. The van der Waals surface area contributed by atoms with E-state index in [4.69, 9.17) is 0 Å². The Balaban J connectivity index is 1.61. The summed E-state index contributed by atoms with van der Waals surface area (Å²) in [5.41, 5.74) is 3.97. The van der Waals surface area contributed by atoms with Crippen molar-refractivity contribution in [3.63, 3.8) is 0 Å². The first-order chi connectivity index (χ1) is 22.2. The van der Waals surface area contributed by atoms with Gasteiger partial charge in [0.2, 0.25) is 0 Å². The van der Waals surface area contributed by atoms with Gasteiger partial charge in [0.05, 0.1) is 32.5 Å². The van der Waals surface area contributed by atoms with Gasteiger partial charge >= 0.3 is 0 Å². The molecule has 0 bridgehead atoms. The molecule has 0 radical (unpaired) electrons. The highest BCUT2D eigenvalue weighted by Gasteiger charge is 2.34. The molecule has 0 N–H and O–H groups in total. The zero-order chi connectivity index (χ0) is 32.3. The monoisotopic (exact) mass is 644 g/mol. The Hall–Kier alpha value is -5.18. The number of nitrogens with zero attached hydrogens (tertiary/aromatic N) is 2. The van der Waals surface area contributed by atoms with E-state index in [0.29, 0.717) is 33.9 Å². The van der Waals surface area contributed by atoms with Crippen molar-refractivity contribution in [2.24, 2.45) is 0 Å². The molecule has 0 atom stereocenters. The third-order valence-corrected chi connectivity index (χ3v) is 11.2. The standard InChI is InChI=1S/C38H32N2O4S2/c1-29-23-25-37(45(41,42)39(31-15-7-3-8-16-31)32-17-9-4-10-18-32)35(27-29)36-28-30(2)24-26-38(36)46(43,44)40(33-19-11-5-12-20-33)34-21-13-6-14-22-34/h3-28H,1-2H3. The fourth-order valence-electron chi connectivity index (χ4n) is 5.46. The first kappa shape index (κ1) is 30.8. The summed E-state index contributed by atoms with van der Waals surface area (Å²) in [5.74, 6) is 0. The molecule has 0 fully saturated rings. The minimum Gasteiger partial charge on any atom is -0.235 e. The summed E-state index contributed by atoms with van der Waals surface area (Å²) < 4.78 is 61.9. The third-order valence-electron chi connectivity index (χ3n) is 7.56. The lowest BCUT2D eigenvalue weighted by atomic mass is 10.0. The van der Waals surface area contributed by atoms with E-state index in [1.807, 2.05) is 38.1 Å². The molecule has 0 unspecified atom stereocenters. The van der Waals surface area contributed by atoms with E-state index in [9.17, 15) is 16.8 Å². The van der Waals surface area contributed by atoms with Gasteiger partial charge < -0.3 is 0 Å². The van der Waals surface area contributed by atoms with Gasteiger partial charge in [-0.05, 0) is 74.5 Å². The van der Waals surface area contributed by atoms with E-state index < -0.39 is 20.0 Å². The Bertz CT molecular complexity index is 1950. The second-order valence-electron chi connectivity index (χ2n) is 10.9. The third kappa shape index (κ3) is 5.92. The molecule has 0 saturated heterocycles. The van der Waals surface area contributed by atoms with Crippen molar-refractivity contribution in [3.05, 3.63) is 169 Å². The molecule has 0 aromatic heterocycles. The highest BCUT2D eigenvalue weighted by Crippen LogP contribution is 2.41. The van der Waals surface area contributed by atoms with Gasteiger partial charge in [-0.15, -0.1) is 0 Å². The SMILES string of the molecule is Cc1ccc(S(=O)(=O)N(c2ccccc2)c2ccccc2)c(-c2cc(C)ccc2S(=O)(=O)N(c2ccccc2)c2ccccc2)c1. The van der Waals surface area contributed by atoms with Crippen LogP contribution in [0.1, 0.15) is 11.1 Å². The van der Waals surface area contributed by atoms with Gasteiger partial charge in [0, 0.05) is 11.1 Å². The van der Waals surface area contributed by atoms with E-state index in [1.165, 1.54) is 8.61 Å². The van der Waals surface area contributed by atoms with Crippen LogP contribution < -0.4 is 8.61 Å². The number of para-hydroxylation sites is 4. The van der Waals surface area contributed by atoms with E-state index >= 15 is 0 Å². The highest BCUT2D eigenvalue weighted by atomic mass is 32.2. The van der Waals surface area contributed by atoms with Crippen LogP contribution in [0, 0.1) is 13.8 Å². The zero-order valence-corrected chi connectivity index (χ0v) is 27.0. The fraction of sp³-hybridized carbons (Fsp3) is 0.0526. The van der Waals surface area contributed by atoms with Crippen LogP contribution in [0.4, 0.5) is 22.7 Å². The van der Waals surface area contributed by atoms with Gasteiger partial charge in [0.25, 0.3) is 20.0 Å². The summed E-state index contributed by atoms with van der Waals surface area (Å²) in [6.07, 6.45) is 0. The summed E-state index contributed by atoms with van der Waals surface area (Å²) in [4.78, 5) is -0.0299. The van der Waals surface area contributed by atoms with Crippen LogP contribution in [0.3, 0.4) is 0 Å². The lowest BCUT2D eigenvalue weighted by Crippen LogP contribution is -2.28. The number of aryl methyl sites for hydroxylation is 2. The van der Waals surface area contributed by atoms with Crippen molar-refractivity contribution in [2.75, 3.05) is 8.61 Å². The molecule has 0 heterocycles. The number of sulfonamides is 2. The lowest BCUT2D eigenvalue weighted by Gasteiger charge is -2.28. The Morgan fingerprint density at radius 2 is 0.630 bits per heavy atom. The minimum atomic E-state index is -4.28. The Labute approximate surface area is 270 Å². The molecule has 230 valence electrons. The molecule has 0 amide bonds. The number of anilines is 4. The Morgan fingerprint density at radius 3 is 0.891 bits per heavy atom. The molecule has 0 spiro atoms. The first-order valence-corrected chi connectivity index (χ1v) is 17.6. The molecule has 8 heteroatoms. The molecular weight excluding hydrogens is 613 g/mol. The Morgan fingerprint density at radius 1 is 0.370 bits per heavy atom. The molecule has 6 nitrogen and oxygen atoms in total. The highest BCUT2D eigenvalue weighted by molar-refractivity contribution is 7.93. The van der Waals surface area contributed by atoms with E-state index in [2.05, 4.69) is 0 Å². The van der Waals surface area contributed by atoms with Gasteiger partial charge in [-0.25, -0.2) is 25.4 Å². The maximum atomic E-state index is 14.8. The van der Waals surface area contributed by atoms with Gasteiger partial charge in [-0.3, -0.25) is 0 Å². The summed E-state index contributed by atoms with van der Waals surface area (Å²) in [5, 5.41) is 0. The second kappa shape index (κ2) is 12.7. The largest absolute Gasteiger partial charge is 0.269 e. The van der Waals surface area contributed by atoms with Crippen LogP contribution in [0.2, 0.25) is 0 Å². The number of hydrogen-bond acceptors (Lipinski definition) is 4. The zero-order valence-electron chi connectivity index (χ0n) is 25.4. The van der Waals surface area contributed by atoms with Crippen molar-refractivity contribution < 1.29 is 16.8 Å². The van der Waals surface area contributed by atoms with Crippen molar-refractivity contribution in [1.29, 1.82) is 0 Å². The van der Waals surface area contributed by atoms with E-state index in [0.717, 1.165) is 11.1 Å². The molecular formula is C38H32N2O4S2. The van der Waals surface area contributed by atoms with Gasteiger partial charge in [-0.1, -0.05) is 108 Å². The molecule has 0 aliphatic carbocycles. The van der Waals surface area contributed by atoms with Crippen LogP contribution in [0.25, 0.3) is 11.1 Å². The van der Waals surface area contributed by atoms with Gasteiger partial charge in [0.15, 0.2) is 0 Å². The van der Waals surface area contributed by atoms with Crippen LogP contribution in [0.15, 0.2) is 168 Å². The number of hydrogen-bond donors (Lipinski definition) is 0. The van der Waals surface area contributed by atoms with Gasteiger partial charge in [-0.2, -0.15) is 0 Å². The lowest BCUT2D eigenvalue weighted by molar-refractivity contribution is 0.593. The molecule has 6 aromatic carbocycles. The molecule has 0 saturated carbocycles. The predicted molar refractivity (Wildman–Crippen MR) is 186 cm³/mol. The summed E-state index contributed by atoms with van der Waals surface area (Å²) >= 11 is 0. The molecule has 46 heavy (non-hydrogen) atoms. The van der Waals surface area contributed by atoms with Crippen LogP contribution in [-0.2, 0) is 20.0 Å². The number of rotatable bonds is 9. The second-order valence-corrected chi connectivity index (χ2v) is 14.4. The minimum absolute atomic E-state index is 0.0150. The maximum absolute atomic E-state index is 14.8. The normalized spacial score (nSPS) is 11.6. The Kier molecular flexibility index (Phi) is 8.49. The van der Waals surface area contributed by atoms with Gasteiger partial charge in [0.1, 0.15) is 0 Å². The van der Waals surface area contributed by atoms with Crippen LogP contribution in [-0.4, -0.2) is 16.8 Å². The van der Waals surface area contributed by atoms with Crippen molar-refractivity contribution in [2.45, 2.75) is 23.6 Å². The summed E-state index contributed by atoms with van der Waals surface area (Å²) in [7, 11) is -8.56. The average molecular weight is 645 g/mol. The average Bonchev–Trinajstić information content (AvgIpc) is 3.06. The summed E-state index contributed by atoms with van der Waals surface area (Å²) in [6, 6.07) is 45.5. The van der Waals surface area contributed by atoms with Crippen molar-refractivity contribution in [1.82, 2.24) is 0 Å². The molecule has 0 aliphatic heterocycles. The van der Waals surface area contributed by atoms with Crippen molar-refractivity contribution >= 4 is 42.8 Å². The van der Waals surface area contributed by atoms with Crippen LogP contribution >= 0.6 is 0 Å². The smallest absolute Gasteiger partial charge is 0.235 e.